The van der Waals surface area contributed by atoms with Gasteiger partial charge in [-0.3, -0.25) is 5.32 Å². The lowest BCUT2D eigenvalue weighted by Crippen LogP contribution is -2.38. The van der Waals surface area contributed by atoms with Crippen LogP contribution >= 0.6 is 0 Å². The summed E-state index contributed by atoms with van der Waals surface area (Å²) in [6, 6.07) is 4.67. The summed E-state index contributed by atoms with van der Waals surface area (Å²) in [5.74, 6) is 0.0363. The maximum Gasteiger partial charge on any atom is 0.131 e. The SMILES string of the molecule is CC(C)(C)NC(O)c1ccc(O)c(CO)c1. The van der Waals surface area contributed by atoms with Crippen molar-refractivity contribution < 1.29 is 15.3 Å². The van der Waals surface area contributed by atoms with Crippen molar-refractivity contribution in [2.24, 2.45) is 0 Å². The maximum absolute atomic E-state index is 9.89. The topological polar surface area (TPSA) is 72.7 Å². The molecule has 1 rings (SSSR count). The van der Waals surface area contributed by atoms with Crippen LogP contribution in [0.4, 0.5) is 0 Å². The molecule has 0 aliphatic carbocycles. The molecule has 16 heavy (non-hydrogen) atoms. The molecular weight excluding hydrogens is 206 g/mol. The number of hydrogen-bond acceptors (Lipinski definition) is 4. The normalized spacial score (nSPS) is 13.8. The van der Waals surface area contributed by atoms with Crippen molar-refractivity contribution in [2.75, 3.05) is 0 Å². The van der Waals surface area contributed by atoms with Gasteiger partial charge in [0, 0.05) is 11.1 Å². The lowest BCUT2D eigenvalue weighted by Gasteiger charge is -2.25. The van der Waals surface area contributed by atoms with Crippen molar-refractivity contribution in [2.45, 2.75) is 39.1 Å². The maximum atomic E-state index is 9.89. The van der Waals surface area contributed by atoms with Crippen molar-refractivity contribution in [3.63, 3.8) is 0 Å². The predicted molar refractivity (Wildman–Crippen MR) is 61.9 cm³/mol. The Labute approximate surface area is 95.6 Å². The van der Waals surface area contributed by atoms with Crippen molar-refractivity contribution in [1.29, 1.82) is 0 Å². The summed E-state index contributed by atoms with van der Waals surface area (Å²) in [7, 11) is 0. The van der Waals surface area contributed by atoms with E-state index in [2.05, 4.69) is 5.32 Å². The molecule has 0 heterocycles. The average molecular weight is 225 g/mol. The Hall–Kier alpha value is -1.10. The first-order chi connectivity index (χ1) is 7.33. The second-order valence-corrected chi connectivity index (χ2v) is 4.84. The van der Waals surface area contributed by atoms with Crippen LogP contribution in [0.5, 0.6) is 5.75 Å². The van der Waals surface area contributed by atoms with E-state index in [0.717, 1.165) is 0 Å². The highest BCUT2D eigenvalue weighted by molar-refractivity contribution is 5.36. The number of aliphatic hydroxyl groups is 2. The summed E-state index contributed by atoms with van der Waals surface area (Å²) in [5.41, 5.74) is 0.820. The number of nitrogens with one attached hydrogen (secondary N) is 1. The highest BCUT2D eigenvalue weighted by Gasteiger charge is 2.17. The van der Waals surface area contributed by atoms with Crippen LogP contribution in [0.1, 0.15) is 38.1 Å². The molecule has 4 heteroatoms. The van der Waals surface area contributed by atoms with E-state index in [0.29, 0.717) is 11.1 Å². The molecule has 1 unspecified atom stereocenters. The van der Waals surface area contributed by atoms with Gasteiger partial charge in [-0.15, -0.1) is 0 Å². The molecule has 0 fully saturated rings. The van der Waals surface area contributed by atoms with Gasteiger partial charge < -0.3 is 15.3 Å². The Morgan fingerprint density at radius 3 is 2.44 bits per heavy atom. The second kappa shape index (κ2) is 4.82. The molecule has 0 aromatic heterocycles. The number of rotatable bonds is 3. The molecule has 1 aromatic carbocycles. The van der Waals surface area contributed by atoms with Crippen molar-refractivity contribution in [3.8, 4) is 5.75 Å². The van der Waals surface area contributed by atoms with Gasteiger partial charge in [-0.2, -0.15) is 0 Å². The first-order valence-electron chi connectivity index (χ1n) is 5.22. The van der Waals surface area contributed by atoms with E-state index in [1.54, 1.807) is 12.1 Å². The van der Waals surface area contributed by atoms with E-state index >= 15 is 0 Å². The molecule has 1 atom stereocenters. The van der Waals surface area contributed by atoms with E-state index in [4.69, 9.17) is 5.11 Å². The zero-order valence-corrected chi connectivity index (χ0v) is 9.86. The van der Waals surface area contributed by atoms with Gasteiger partial charge in [0.25, 0.3) is 0 Å². The fourth-order valence-electron chi connectivity index (χ4n) is 1.40. The first kappa shape index (κ1) is 13.0. The van der Waals surface area contributed by atoms with E-state index in [1.165, 1.54) is 6.07 Å². The molecule has 0 saturated carbocycles. The third-order valence-corrected chi connectivity index (χ3v) is 2.16. The molecule has 4 N–H and O–H groups in total. The molecule has 0 amide bonds. The minimum absolute atomic E-state index is 0.0363. The number of aliphatic hydroxyl groups excluding tert-OH is 2. The molecule has 0 aliphatic rings. The minimum atomic E-state index is -0.814. The van der Waals surface area contributed by atoms with Gasteiger partial charge in [-0.1, -0.05) is 6.07 Å². The number of benzene rings is 1. The summed E-state index contributed by atoms with van der Waals surface area (Å²) in [6.07, 6.45) is -0.814. The second-order valence-electron chi connectivity index (χ2n) is 4.84. The van der Waals surface area contributed by atoms with Gasteiger partial charge >= 0.3 is 0 Å². The highest BCUT2D eigenvalue weighted by atomic mass is 16.3. The average Bonchev–Trinajstić information content (AvgIpc) is 2.15. The van der Waals surface area contributed by atoms with Crippen molar-refractivity contribution in [3.05, 3.63) is 29.3 Å². The third-order valence-electron chi connectivity index (χ3n) is 2.16. The van der Waals surface area contributed by atoms with Gasteiger partial charge in [0.15, 0.2) is 0 Å². The Morgan fingerprint density at radius 2 is 1.94 bits per heavy atom. The summed E-state index contributed by atoms with van der Waals surface area (Å²) >= 11 is 0. The summed E-state index contributed by atoms with van der Waals surface area (Å²) < 4.78 is 0. The quantitative estimate of drug-likeness (QED) is 0.584. The van der Waals surface area contributed by atoms with Crippen LogP contribution in [0.3, 0.4) is 0 Å². The smallest absolute Gasteiger partial charge is 0.131 e. The van der Waals surface area contributed by atoms with E-state index < -0.39 is 6.23 Å². The summed E-state index contributed by atoms with van der Waals surface area (Å²) in [6.45, 7) is 5.60. The Kier molecular flexibility index (Phi) is 3.91. The Morgan fingerprint density at radius 1 is 1.31 bits per heavy atom. The molecule has 1 aromatic rings. The molecule has 0 radical (unpaired) electrons. The van der Waals surface area contributed by atoms with E-state index in [1.807, 2.05) is 20.8 Å². The van der Waals surface area contributed by atoms with Gasteiger partial charge in [-0.25, -0.2) is 0 Å². The zero-order chi connectivity index (χ0) is 12.3. The number of phenols is 1. The monoisotopic (exact) mass is 225 g/mol. The van der Waals surface area contributed by atoms with Crippen LogP contribution in [0.2, 0.25) is 0 Å². The van der Waals surface area contributed by atoms with Crippen LogP contribution in [-0.2, 0) is 6.61 Å². The van der Waals surface area contributed by atoms with Crippen LogP contribution in [0.15, 0.2) is 18.2 Å². The highest BCUT2D eigenvalue weighted by Crippen LogP contribution is 2.22. The van der Waals surface area contributed by atoms with Crippen LogP contribution in [0, 0.1) is 0 Å². The summed E-state index contributed by atoms with van der Waals surface area (Å²) in [5, 5.41) is 31.3. The molecular formula is C12H19NO3. The lowest BCUT2D eigenvalue weighted by atomic mass is 10.1. The zero-order valence-electron chi connectivity index (χ0n) is 9.86. The Balaban J connectivity index is 2.88. The molecule has 90 valence electrons. The van der Waals surface area contributed by atoms with Crippen LogP contribution in [0.25, 0.3) is 0 Å². The largest absolute Gasteiger partial charge is 0.508 e. The molecule has 0 bridgehead atoms. The van der Waals surface area contributed by atoms with E-state index in [9.17, 15) is 10.2 Å². The standard InChI is InChI=1S/C12H19NO3/c1-12(2,3)13-11(16)8-4-5-10(15)9(6-8)7-14/h4-6,11,13-16H,7H2,1-3H3. The fourth-order valence-corrected chi connectivity index (χ4v) is 1.40. The molecule has 0 saturated heterocycles. The number of aromatic hydroxyl groups is 1. The predicted octanol–water partition coefficient (Wildman–Crippen LogP) is 1.26. The van der Waals surface area contributed by atoms with Crippen molar-refractivity contribution in [1.82, 2.24) is 5.32 Å². The van der Waals surface area contributed by atoms with Gasteiger partial charge in [0.2, 0.25) is 0 Å². The first-order valence-corrected chi connectivity index (χ1v) is 5.22. The van der Waals surface area contributed by atoms with Gasteiger partial charge in [0.1, 0.15) is 12.0 Å². The van der Waals surface area contributed by atoms with Crippen LogP contribution in [-0.4, -0.2) is 20.9 Å². The lowest BCUT2D eigenvalue weighted by molar-refractivity contribution is 0.106. The number of hydrogen-bond donors (Lipinski definition) is 4. The molecule has 4 nitrogen and oxygen atoms in total. The minimum Gasteiger partial charge on any atom is -0.508 e. The molecule has 0 spiro atoms. The fraction of sp³-hybridized carbons (Fsp3) is 0.500. The van der Waals surface area contributed by atoms with Gasteiger partial charge in [0.05, 0.1) is 6.61 Å². The van der Waals surface area contributed by atoms with Gasteiger partial charge in [-0.05, 0) is 38.5 Å². The van der Waals surface area contributed by atoms with E-state index in [-0.39, 0.29) is 17.9 Å². The Bertz CT molecular complexity index is 358. The van der Waals surface area contributed by atoms with Crippen LogP contribution < -0.4 is 5.32 Å². The third kappa shape index (κ3) is 3.48. The molecule has 0 aliphatic heterocycles. The summed E-state index contributed by atoms with van der Waals surface area (Å²) in [4.78, 5) is 0. The van der Waals surface area contributed by atoms with Crippen molar-refractivity contribution >= 4 is 0 Å².